The summed E-state index contributed by atoms with van der Waals surface area (Å²) < 4.78 is 33.1. The predicted molar refractivity (Wildman–Crippen MR) is 121 cm³/mol. The fourth-order valence-electron chi connectivity index (χ4n) is 3.61. The third kappa shape index (κ3) is 5.24. The molecule has 32 heavy (non-hydrogen) atoms. The van der Waals surface area contributed by atoms with Gasteiger partial charge < -0.3 is 10.1 Å². The maximum absolute atomic E-state index is 13.1. The van der Waals surface area contributed by atoms with Gasteiger partial charge in [0.05, 0.1) is 24.5 Å². The second kappa shape index (κ2) is 10.1. The average molecular weight is 459 g/mol. The van der Waals surface area contributed by atoms with Gasteiger partial charge in [-0.1, -0.05) is 36.9 Å². The standard InChI is InChI=1S/C23H27N3O5S/c1-3-22(27)24-20-10-12-21(13-11-20)32(29,30)25-14-16-26(4-2,17-15-25)23(28)31-18-19-8-6-5-7-9-19/h3,5-13H,1,4,14-18H2,2H3/p+1. The number of piperazine rings is 1. The molecule has 1 fully saturated rings. The first kappa shape index (κ1) is 23.6. The first-order chi connectivity index (χ1) is 15.3. The number of carbonyl (C=O) groups excluding carboxylic acids is 2. The van der Waals surface area contributed by atoms with Crippen LogP contribution in [0.1, 0.15) is 12.5 Å². The third-order valence-corrected chi connectivity index (χ3v) is 7.61. The second-order valence-corrected chi connectivity index (χ2v) is 9.51. The van der Waals surface area contributed by atoms with Gasteiger partial charge in [0.25, 0.3) is 0 Å². The van der Waals surface area contributed by atoms with Crippen LogP contribution in [0.5, 0.6) is 0 Å². The first-order valence-corrected chi connectivity index (χ1v) is 11.9. The third-order valence-electron chi connectivity index (χ3n) is 5.70. The summed E-state index contributed by atoms with van der Waals surface area (Å²) in [6.07, 6.45) is 0.803. The molecule has 8 nitrogen and oxygen atoms in total. The van der Waals surface area contributed by atoms with Crippen LogP contribution in [0.2, 0.25) is 0 Å². The highest BCUT2D eigenvalue weighted by atomic mass is 32.2. The van der Waals surface area contributed by atoms with Crippen molar-refractivity contribution in [1.82, 2.24) is 4.31 Å². The number of nitrogens with zero attached hydrogens (tertiary/aromatic N) is 2. The number of hydrogen-bond acceptors (Lipinski definition) is 5. The van der Waals surface area contributed by atoms with Crippen LogP contribution in [0.15, 0.2) is 72.1 Å². The fraction of sp³-hybridized carbons (Fsp3) is 0.304. The Kier molecular flexibility index (Phi) is 7.44. The molecule has 0 saturated carbocycles. The maximum Gasteiger partial charge on any atom is 0.516 e. The number of likely N-dealkylation sites (N-methyl/N-ethyl adjacent to an activating group) is 1. The van der Waals surface area contributed by atoms with Crippen molar-refractivity contribution in [3.05, 3.63) is 72.8 Å². The van der Waals surface area contributed by atoms with E-state index in [4.69, 9.17) is 4.74 Å². The van der Waals surface area contributed by atoms with Gasteiger partial charge in [0, 0.05) is 5.69 Å². The number of nitrogens with one attached hydrogen (secondary N) is 1. The SMILES string of the molecule is C=CC(=O)Nc1ccc(S(=O)(=O)N2CC[N+](CC)(C(=O)OCc3ccccc3)CC2)cc1. The highest BCUT2D eigenvalue weighted by Crippen LogP contribution is 2.23. The summed E-state index contributed by atoms with van der Waals surface area (Å²) in [6, 6.07) is 15.4. The Hall–Kier alpha value is -3.01. The van der Waals surface area contributed by atoms with Crippen LogP contribution in [0.3, 0.4) is 0 Å². The molecule has 0 unspecified atom stereocenters. The molecule has 0 aliphatic carbocycles. The van der Waals surface area contributed by atoms with Crippen molar-refractivity contribution in [2.75, 3.05) is 38.0 Å². The molecule has 2 amide bonds. The Bertz CT molecular complexity index is 1060. The molecule has 0 spiro atoms. The van der Waals surface area contributed by atoms with E-state index in [1.165, 1.54) is 28.6 Å². The molecule has 3 rings (SSSR count). The van der Waals surface area contributed by atoms with Gasteiger partial charge in [0.1, 0.15) is 19.7 Å². The van der Waals surface area contributed by atoms with Crippen LogP contribution < -0.4 is 5.32 Å². The zero-order valence-corrected chi connectivity index (χ0v) is 18.9. The summed E-state index contributed by atoms with van der Waals surface area (Å²) in [5.74, 6) is -0.371. The van der Waals surface area contributed by atoms with Crippen LogP contribution in [-0.2, 0) is 26.2 Å². The summed E-state index contributed by atoms with van der Waals surface area (Å²) in [6.45, 7) is 7.12. The zero-order valence-electron chi connectivity index (χ0n) is 18.1. The number of sulfonamides is 1. The number of anilines is 1. The maximum atomic E-state index is 13.1. The van der Waals surface area contributed by atoms with Crippen molar-refractivity contribution in [2.45, 2.75) is 18.4 Å². The van der Waals surface area contributed by atoms with Crippen LogP contribution >= 0.6 is 0 Å². The van der Waals surface area contributed by atoms with Crippen molar-refractivity contribution >= 4 is 27.7 Å². The van der Waals surface area contributed by atoms with Gasteiger partial charge in [0.2, 0.25) is 15.9 Å². The Morgan fingerprint density at radius 2 is 1.72 bits per heavy atom. The summed E-state index contributed by atoms with van der Waals surface area (Å²) in [5.41, 5.74) is 1.39. The lowest BCUT2D eigenvalue weighted by molar-refractivity contribution is -0.860. The van der Waals surface area contributed by atoms with Crippen molar-refractivity contribution in [3.63, 3.8) is 0 Å². The van der Waals surface area contributed by atoms with Crippen molar-refractivity contribution < 1.29 is 27.2 Å². The van der Waals surface area contributed by atoms with E-state index in [-0.39, 0.29) is 41.1 Å². The molecule has 1 heterocycles. The highest BCUT2D eigenvalue weighted by Gasteiger charge is 2.43. The van der Waals surface area contributed by atoms with E-state index in [2.05, 4.69) is 11.9 Å². The van der Waals surface area contributed by atoms with Crippen LogP contribution in [0.25, 0.3) is 0 Å². The Balaban J connectivity index is 1.64. The average Bonchev–Trinajstić information content (AvgIpc) is 2.83. The molecule has 9 heteroatoms. The van der Waals surface area contributed by atoms with Gasteiger partial charge in [-0.25, -0.2) is 12.9 Å². The summed E-state index contributed by atoms with van der Waals surface area (Å²) >= 11 is 0. The lowest BCUT2D eigenvalue weighted by Gasteiger charge is -2.40. The highest BCUT2D eigenvalue weighted by molar-refractivity contribution is 7.89. The van der Waals surface area contributed by atoms with Crippen molar-refractivity contribution in [3.8, 4) is 0 Å². The van der Waals surface area contributed by atoms with Gasteiger partial charge in [-0.15, -0.1) is 0 Å². The molecule has 1 N–H and O–H groups in total. The number of hydrogen-bond donors (Lipinski definition) is 1. The molecular formula is C23H28N3O5S+. The summed E-state index contributed by atoms with van der Waals surface area (Å²) in [5, 5.41) is 2.59. The van der Waals surface area contributed by atoms with E-state index in [9.17, 15) is 18.0 Å². The number of ether oxygens (including phenoxy) is 1. The molecule has 0 radical (unpaired) electrons. The van der Waals surface area contributed by atoms with Crippen LogP contribution in [-0.4, -0.2) is 61.9 Å². The molecule has 1 aliphatic rings. The molecule has 2 aromatic rings. The number of carbonyl (C=O) groups is 2. The minimum atomic E-state index is -3.71. The van der Waals surface area contributed by atoms with E-state index in [0.29, 0.717) is 25.3 Å². The molecule has 1 saturated heterocycles. The second-order valence-electron chi connectivity index (χ2n) is 7.57. The Morgan fingerprint density at radius 3 is 2.28 bits per heavy atom. The van der Waals surface area contributed by atoms with Crippen molar-refractivity contribution in [2.24, 2.45) is 0 Å². The monoisotopic (exact) mass is 458 g/mol. The van der Waals surface area contributed by atoms with Crippen LogP contribution in [0, 0.1) is 0 Å². The van der Waals surface area contributed by atoms with E-state index < -0.39 is 10.0 Å². The lowest BCUT2D eigenvalue weighted by atomic mass is 10.2. The molecule has 1 aliphatic heterocycles. The number of rotatable bonds is 7. The molecule has 0 bridgehead atoms. The number of amides is 2. The van der Waals surface area contributed by atoms with E-state index in [0.717, 1.165) is 11.6 Å². The van der Waals surface area contributed by atoms with Gasteiger partial charge >= 0.3 is 6.09 Å². The Morgan fingerprint density at radius 1 is 1.09 bits per heavy atom. The van der Waals surface area contributed by atoms with Gasteiger partial charge in [-0.3, -0.25) is 4.79 Å². The summed E-state index contributed by atoms with van der Waals surface area (Å²) in [7, 11) is -3.71. The topological polar surface area (TPSA) is 92.8 Å². The van der Waals surface area contributed by atoms with Gasteiger partial charge in [0.15, 0.2) is 0 Å². The molecule has 0 atom stereocenters. The minimum absolute atomic E-state index is 0.0887. The normalized spacial score (nSPS) is 16.2. The zero-order chi connectivity index (χ0) is 23.2. The summed E-state index contributed by atoms with van der Waals surface area (Å²) in [4.78, 5) is 24.4. The van der Waals surface area contributed by atoms with Gasteiger partial charge in [-0.2, -0.15) is 9.10 Å². The van der Waals surface area contributed by atoms with E-state index in [1.807, 2.05) is 37.3 Å². The van der Waals surface area contributed by atoms with Gasteiger partial charge in [-0.05, 0) is 42.8 Å². The van der Waals surface area contributed by atoms with Crippen LogP contribution in [0.4, 0.5) is 10.5 Å². The molecular weight excluding hydrogens is 430 g/mol. The van der Waals surface area contributed by atoms with Crippen molar-refractivity contribution in [1.29, 1.82) is 0 Å². The predicted octanol–water partition coefficient (Wildman–Crippen LogP) is 2.99. The fourth-order valence-corrected chi connectivity index (χ4v) is 5.03. The van der Waals surface area contributed by atoms with E-state index in [1.54, 1.807) is 0 Å². The quantitative estimate of drug-likeness (QED) is 0.509. The minimum Gasteiger partial charge on any atom is -0.415 e. The smallest absolute Gasteiger partial charge is 0.415 e. The largest absolute Gasteiger partial charge is 0.516 e. The molecule has 170 valence electrons. The number of benzene rings is 2. The molecule has 2 aromatic carbocycles. The molecule has 0 aromatic heterocycles. The number of quaternary nitrogens is 1. The first-order valence-electron chi connectivity index (χ1n) is 10.4. The lowest BCUT2D eigenvalue weighted by Crippen LogP contribution is -2.63. The van der Waals surface area contributed by atoms with E-state index >= 15 is 0 Å². The Labute approximate surface area is 188 Å².